The van der Waals surface area contributed by atoms with E-state index in [0.29, 0.717) is 6.54 Å². The third-order valence-corrected chi connectivity index (χ3v) is 2.46. The molecule has 72 valence electrons. The lowest BCUT2D eigenvalue weighted by Crippen LogP contribution is -2.18. The fourth-order valence-electron chi connectivity index (χ4n) is 1.75. The molecule has 0 aliphatic carbocycles. The smallest absolute Gasteiger partial charge is 0.0512 e. The summed E-state index contributed by atoms with van der Waals surface area (Å²) in [7, 11) is 0. The van der Waals surface area contributed by atoms with E-state index in [1.165, 1.54) is 16.7 Å². The van der Waals surface area contributed by atoms with Gasteiger partial charge in [0.05, 0.1) is 6.61 Å². The molecule has 1 aromatic carbocycles. The van der Waals surface area contributed by atoms with Crippen molar-refractivity contribution in [2.24, 2.45) is 5.73 Å². The summed E-state index contributed by atoms with van der Waals surface area (Å²) in [4.78, 5) is 0. The number of nitrogens with two attached hydrogens (primary N) is 1. The van der Waals surface area contributed by atoms with Crippen molar-refractivity contribution >= 4 is 0 Å². The molecule has 0 fully saturated rings. The Morgan fingerprint density at radius 1 is 1.31 bits per heavy atom. The van der Waals surface area contributed by atoms with E-state index in [0.717, 1.165) is 0 Å². The summed E-state index contributed by atoms with van der Waals surface area (Å²) in [5, 5.41) is 9.15. The highest BCUT2D eigenvalue weighted by atomic mass is 16.3. The first kappa shape index (κ1) is 10.2. The Labute approximate surface area is 79.4 Å². The molecule has 1 atom stereocenters. The van der Waals surface area contributed by atoms with Crippen molar-refractivity contribution < 1.29 is 5.11 Å². The van der Waals surface area contributed by atoms with Crippen molar-refractivity contribution in [3.8, 4) is 0 Å². The van der Waals surface area contributed by atoms with Gasteiger partial charge in [0.2, 0.25) is 0 Å². The molecule has 1 aromatic rings. The van der Waals surface area contributed by atoms with Crippen LogP contribution in [0.5, 0.6) is 0 Å². The Kier molecular flexibility index (Phi) is 3.46. The van der Waals surface area contributed by atoms with Crippen LogP contribution in [0.4, 0.5) is 0 Å². The molecular weight excluding hydrogens is 162 g/mol. The molecule has 1 rings (SSSR count). The van der Waals surface area contributed by atoms with E-state index in [9.17, 15) is 0 Å². The first-order valence-electron chi connectivity index (χ1n) is 4.57. The second-order valence-corrected chi connectivity index (χ2v) is 3.42. The van der Waals surface area contributed by atoms with Gasteiger partial charge in [-0.1, -0.05) is 18.2 Å². The van der Waals surface area contributed by atoms with Crippen LogP contribution in [-0.2, 0) is 0 Å². The Bertz CT molecular complexity index is 259. The quantitative estimate of drug-likeness (QED) is 0.735. The van der Waals surface area contributed by atoms with Gasteiger partial charge in [0.15, 0.2) is 0 Å². The zero-order valence-electron chi connectivity index (χ0n) is 8.25. The zero-order valence-corrected chi connectivity index (χ0v) is 8.25. The van der Waals surface area contributed by atoms with Crippen molar-refractivity contribution in [3.63, 3.8) is 0 Å². The first-order chi connectivity index (χ1) is 6.20. The first-order valence-corrected chi connectivity index (χ1v) is 4.57. The summed E-state index contributed by atoms with van der Waals surface area (Å²) in [6.45, 7) is 4.74. The predicted octanol–water partition coefficient (Wildman–Crippen LogP) is 1.34. The molecule has 0 radical (unpaired) electrons. The second-order valence-electron chi connectivity index (χ2n) is 3.42. The van der Waals surface area contributed by atoms with E-state index in [2.05, 4.69) is 26.0 Å². The van der Waals surface area contributed by atoms with E-state index in [1.54, 1.807) is 0 Å². The molecule has 0 heterocycles. The van der Waals surface area contributed by atoms with Gasteiger partial charge in [-0.05, 0) is 30.5 Å². The number of aryl methyl sites for hydroxylation is 2. The highest BCUT2D eigenvalue weighted by Crippen LogP contribution is 2.22. The van der Waals surface area contributed by atoms with E-state index < -0.39 is 0 Å². The van der Waals surface area contributed by atoms with Crippen LogP contribution in [-0.4, -0.2) is 18.3 Å². The Morgan fingerprint density at radius 2 is 1.85 bits per heavy atom. The molecule has 0 spiro atoms. The number of rotatable bonds is 3. The molecule has 0 saturated heterocycles. The highest BCUT2D eigenvalue weighted by molar-refractivity contribution is 5.36. The summed E-state index contributed by atoms with van der Waals surface area (Å²) < 4.78 is 0. The maximum atomic E-state index is 9.15. The van der Waals surface area contributed by atoms with Crippen molar-refractivity contribution in [1.29, 1.82) is 0 Å². The summed E-state index contributed by atoms with van der Waals surface area (Å²) in [6.07, 6.45) is 0. The Hall–Kier alpha value is -0.860. The molecule has 0 bridgehead atoms. The molecular formula is C11H17NO. The second kappa shape index (κ2) is 4.40. The van der Waals surface area contributed by atoms with Gasteiger partial charge in [-0.3, -0.25) is 0 Å². The molecule has 2 nitrogen and oxygen atoms in total. The van der Waals surface area contributed by atoms with Crippen molar-refractivity contribution in [3.05, 3.63) is 34.9 Å². The molecule has 0 aliphatic rings. The van der Waals surface area contributed by atoms with Crippen LogP contribution in [0.2, 0.25) is 0 Å². The van der Waals surface area contributed by atoms with Crippen LogP contribution >= 0.6 is 0 Å². The summed E-state index contributed by atoms with van der Waals surface area (Å²) in [5.74, 6) is 0.0844. The highest BCUT2D eigenvalue weighted by Gasteiger charge is 2.12. The minimum absolute atomic E-state index is 0.0844. The lowest BCUT2D eigenvalue weighted by Gasteiger charge is -2.17. The van der Waals surface area contributed by atoms with Gasteiger partial charge in [0, 0.05) is 12.5 Å². The number of hydrogen-bond acceptors (Lipinski definition) is 2. The Morgan fingerprint density at radius 3 is 2.23 bits per heavy atom. The van der Waals surface area contributed by atoms with Crippen LogP contribution in [0.1, 0.15) is 22.6 Å². The number of benzene rings is 1. The number of aliphatic hydroxyl groups excluding tert-OH is 1. The average molecular weight is 179 g/mol. The van der Waals surface area contributed by atoms with Gasteiger partial charge < -0.3 is 10.8 Å². The molecule has 13 heavy (non-hydrogen) atoms. The third-order valence-electron chi connectivity index (χ3n) is 2.46. The van der Waals surface area contributed by atoms with Gasteiger partial charge in [0.25, 0.3) is 0 Å². The minimum atomic E-state index is 0.0844. The minimum Gasteiger partial charge on any atom is -0.396 e. The fourth-order valence-corrected chi connectivity index (χ4v) is 1.75. The standard InChI is InChI=1S/C11H17NO/c1-8-4-3-5-9(2)11(8)10(6-12)7-13/h3-5,10,13H,6-7,12H2,1-2H3. The molecule has 2 heteroatoms. The molecule has 0 saturated carbocycles. The SMILES string of the molecule is Cc1cccc(C)c1C(CN)CO. The largest absolute Gasteiger partial charge is 0.396 e. The maximum Gasteiger partial charge on any atom is 0.0512 e. The monoisotopic (exact) mass is 179 g/mol. The van der Waals surface area contributed by atoms with Crippen LogP contribution in [0.15, 0.2) is 18.2 Å². The number of hydrogen-bond donors (Lipinski definition) is 2. The normalized spacial score (nSPS) is 12.9. The van der Waals surface area contributed by atoms with Crippen molar-refractivity contribution in [1.82, 2.24) is 0 Å². The topological polar surface area (TPSA) is 46.2 Å². The van der Waals surface area contributed by atoms with Crippen LogP contribution in [0.25, 0.3) is 0 Å². The van der Waals surface area contributed by atoms with Crippen LogP contribution in [0.3, 0.4) is 0 Å². The lowest BCUT2D eigenvalue weighted by atomic mass is 9.91. The van der Waals surface area contributed by atoms with Crippen LogP contribution < -0.4 is 5.73 Å². The zero-order chi connectivity index (χ0) is 9.84. The number of aliphatic hydroxyl groups is 1. The van der Waals surface area contributed by atoms with Gasteiger partial charge in [-0.2, -0.15) is 0 Å². The van der Waals surface area contributed by atoms with Crippen LogP contribution in [0, 0.1) is 13.8 Å². The van der Waals surface area contributed by atoms with Crippen molar-refractivity contribution in [2.45, 2.75) is 19.8 Å². The molecule has 0 aromatic heterocycles. The van der Waals surface area contributed by atoms with Gasteiger partial charge in [-0.25, -0.2) is 0 Å². The molecule has 0 amide bonds. The average Bonchev–Trinajstić information content (AvgIpc) is 2.11. The summed E-state index contributed by atoms with van der Waals surface area (Å²) in [6, 6.07) is 6.14. The Balaban J connectivity index is 3.10. The van der Waals surface area contributed by atoms with E-state index in [-0.39, 0.29) is 12.5 Å². The summed E-state index contributed by atoms with van der Waals surface area (Å²) >= 11 is 0. The molecule has 3 N–H and O–H groups in total. The maximum absolute atomic E-state index is 9.15. The van der Waals surface area contributed by atoms with E-state index in [4.69, 9.17) is 10.8 Å². The van der Waals surface area contributed by atoms with Gasteiger partial charge in [-0.15, -0.1) is 0 Å². The fraction of sp³-hybridized carbons (Fsp3) is 0.455. The van der Waals surface area contributed by atoms with Gasteiger partial charge in [0.1, 0.15) is 0 Å². The lowest BCUT2D eigenvalue weighted by molar-refractivity contribution is 0.267. The molecule has 1 unspecified atom stereocenters. The third kappa shape index (κ3) is 2.08. The summed E-state index contributed by atoms with van der Waals surface area (Å²) in [5.41, 5.74) is 9.22. The predicted molar refractivity (Wildman–Crippen MR) is 54.8 cm³/mol. The molecule has 0 aliphatic heterocycles. The van der Waals surface area contributed by atoms with E-state index >= 15 is 0 Å². The van der Waals surface area contributed by atoms with Gasteiger partial charge >= 0.3 is 0 Å². The van der Waals surface area contributed by atoms with E-state index in [1.807, 2.05) is 6.07 Å². The van der Waals surface area contributed by atoms with Crippen molar-refractivity contribution in [2.75, 3.05) is 13.2 Å².